The van der Waals surface area contributed by atoms with Crippen molar-refractivity contribution in [2.24, 2.45) is 5.41 Å². The van der Waals surface area contributed by atoms with Gasteiger partial charge in [-0.05, 0) is 24.8 Å². The van der Waals surface area contributed by atoms with Crippen LogP contribution in [0.5, 0.6) is 0 Å². The largest absolute Gasteiger partial charge is 0.342 e. The van der Waals surface area contributed by atoms with E-state index in [1.54, 1.807) is 0 Å². The van der Waals surface area contributed by atoms with Crippen LogP contribution in [-0.4, -0.2) is 33.7 Å². The maximum atomic E-state index is 12.2. The van der Waals surface area contributed by atoms with Gasteiger partial charge in [0.25, 0.3) is 0 Å². The lowest BCUT2D eigenvalue weighted by atomic mass is 9.93. The predicted octanol–water partition coefficient (Wildman–Crippen LogP) is 2.66. The molecule has 1 fully saturated rings. The van der Waals surface area contributed by atoms with Gasteiger partial charge < -0.3 is 4.90 Å². The highest BCUT2D eigenvalue weighted by Crippen LogP contribution is 2.26. The second-order valence-corrected chi connectivity index (χ2v) is 6.46. The van der Waals surface area contributed by atoms with E-state index in [0.717, 1.165) is 32.4 Å². The Morgan fingerprint density at radius 3 is 2.47 bits per heavy atom. The molecule has 1 aliphatic heterocycles. The van der Waals surface area contributed by atoms with Crippen molar-refractivity contribution < 1.29 is 4.79 Å². The fourth-order valence-electron chi connectivity index (χ4n) is 2.57. The summed E-state index contributed by atoms with van der Waals surface area (Å²) in [7, 11) is 0. The summed E-state index contributed by atoms with van der Waals surface area (Å²) in [4.78, 5) is 14.2. The van der Waals surface area contributed by atoms with E-state index in [4.69, 9.17) is 0 Å². The van der Waals surface area contributed by atoms with Crippen molar-refractivity contribution in [3.05, 3.63) is 18.0 Å². The summed E-state index contributed by atoms with van der Waals surface area (Å²) in [6.45, 7) is 9.81. The molecule has 2 heterocycles. The van der Waals surface area contributed by atoms with Gasteiger partial charge in [0.1, 0.15) is 0 Å². The summed E-state index contributed by atoms with van der Waals surface area (Å²) in [5.41, 5.74) is 1.02. The van der Waals surface area contributed by atoms with Crippen molar-refractivity contribution in [2.45, 2.75) is 53.0 Å². The molecule has 0 bridgehead atoms. The molecule has 1 aliphatic rings. The van der Waals surface area contributed by atoms with Crippen LogP contribution >= 0.6 is 0 Å². The molecule has 0 N–H and O–H groups in total. The Morgan fingerprint density at radius 2 is 2.00 bits per heavy atom. The van der Waals surface area contributed by atoms with Crippen LogP contribution in [0, 0.1) is 5.41 Å². The topological polar surface area (TPSA) is 38.1 Å². The minimum Gasteiger partial charge on any atom is -0.342 e. The quantitative estimate of drug-likeness (QED) is 0.822. The second-order valence-electron chi connectivity index (χ2n) is 6.46. The van der Waals surface area contributed by atoms with Gasteiger partial charge in [-0.3, -0.25) is 9.48 Å². The van der Waals surface area contributed by atoms with Crippen molar-refractivity contribution in [1.29, 1.82) is 0 Å². The molecule has 0 unspecified atom stereocenters. The number of piperidine rings is 1. The first-order valence-corrected chi connectivity index (χ1v) is 7.24. The number of carbonyl (C=O) groups excluding carboxylic acids is 1. The zero-order valence-electron chi connectivity index (χ0n) is 12.5. The molecule has 0 spiro atoms. The van der Waals surface area contributed by atoms with Crippen LogP contribution in [0.15, 0.2) is 12.4 Å². The lowest BCUT2D eigenvalue weighted by Gasteiger charge is -2.35. The fourth-order valence-corrected chi connectivity index (χ4v) is 2.57. The molecule has 1 aromatic heterocycles. The lowest BCUT2D eigenvalue weighted by Crippen LogP contribution is -2.44. The average Bonchev–Trinajstić information content (AvgIpc) is 2.86. The van der Waals surface area contributed by atoms with Crippen molar-refractivity contribution in [1.82, 2.24) is 14.7 Å². The smallest absolute Gasteiger partial charge is 0.227 e. The van der Waals surface area contributed by atoms with Gasteiger partial charge in [-0.2, -0.15) is 5.10 Å². The van der Waals surface area contributed by atoms with Gasteiger partial charge in [-0.1, -0.05) is 27.7 Å². The molecule has 4 nitrogen and oxygen atoms in total. The van der Waals surface area contributed by atoms with Gasteiger partial charge in [0.15, 0.2) is 0 Å². The maximum absolute atomic E-state index is 12.2. The summed E-state index contributed by atoms with van der Waals surface area (Å²) in [6.07, 6.45) is 7.14. The number of carbonyl (C=O) groups is 1. The number of aromatic nitrogens is 2. The molecule has 0 aromatic carbocycles. The van der Waals surface area contributed by atoms with E-state index in [1.165, 1.54) is 5.56 Å². The van der Waals surface area contributed by atoms with Crippen molar-refractivity contribution in [3.63, 3.8) is 0 Å². The number of hydrogen-bond donors (Lipinski definition) is 0. The van der Waals surface area contributed by atoms with E-state index >= 15 is 0 Å². The molecule has 1 aromatic rings. The Balaban J connectivity index is 1.94. The fraction of sp³-hybridized carbons (Fsp3) is 0.733. The number of aryl methyl sites for hydroxylation is 1. The number of rotatable bonds is 2. The maximum Gasteiger partial charge on any atom is 0.227 e. The van der Waals surface area contributed by atoms with Crippen molar-refractivity contribution in [2.75, 3.05) is 13.1 Å². The zero-order chi connectivity index (χ0) is 14.0. The van der Waals surface area contributed by atoms with Gasteiger partial charge in [0.05, 0.1) is 12.2 Å². The molecule has 1 saturated heterocycles. The molecule has 1 amide bonds. The molecule has 19 heavy (non-hydrogen) atoms. The highest BCUT2D eigenvalue weighted by molar-refractivity contribution is 5.81. The van der Waals surface area contributed by atoms with Gasteiger partial charge in [-0.15, -0.1) is 0 Å². The Labute approximate surface area is 115 Å². The predicted molar refractivity (Wildman–Crippen MR) is 75.9 cm³/mol. The Morgan fingerprint density at radius 1 is 1.37 bits per heavy atom. The number of hydrogen-bond acceptors (Lipinski definition) is 2. The standard InChI is InChI=1S/C15H25N3O/c1-5-12-10-16-18(11-12)13-6-8-17(9-7-13)14(19)15(2,3)4/h10-11,13H,5-9H2,1-4H3. The van der Waals surface area contributed by atoms with E-state index in [0.29, 0.717) is 6.04 Å². The summed E-state index contributed by atoms with van der Waals surface area (Å²) in [5, 5.41) is 4.44. The highest BCUT2D eigenvalue weighted by atomic mass is 16.2. The van der Waals surface area contributed by atoms with Crippen LogP contribution in [0.3, 0.4) is 0 Å². The Bertz CT molecular complexity index is 436. The third-order valence-electron chi connectivity index (χ3n) is 3.83. The van der Waals surface area contributed by atoms with Crippen molar-refractivity contribution in [3.8, 4) is 0 Å². The molecule has 0 saturated carbocycles. The highest BCUT2D eigenvalue weighted by Gasteiger charge is 2.30. The molecule has 2 rings (SSSR count). The molecular weight excluding hydrogens is 238 g/mol. The first-order valence-electron chi connectivity index (χ1n) is 7.24. The van der Waals surface area contributed by atoms with Crippen LogP contribution in [0.2, 0.25) is 0 Å². The molecule has 0 aliphatic carbocycles. The summed E-state index contributed by atoms with van der Waals surface area (Å²) in [5.74, 6) is 0.265. The first kappa shape index (κ1) is 14.1. The van der Waals surface area contributed by atoms with Gasteiger partial charge in [-0.25, -0.2) is 0 Å². The van der Waals surface area contributed by atoms with E-state index in [9.17, 15) is 4.79 Å². The Hall–Kier alpha value is -1.32. The van der Waals surface area contributed by atoms with Crippen LogP contribution in [-0.2, 0) is 11.2 Å². The minimum absolute atomic E-state index is 0.265. The van der Waals surface area contributed by atoms with E-state index in [2.05, 4.69) is 22.9 Å². The molecule has 106 valence electrons. The van der Waals surface area contributed by atoms with Gasteiger partial charge >= 0.3 is 0 Å². The normalized spacial score (nSPS) is 17.8. The molecular formula is C15H25N3O. The zero-order valence-corrected chi connectivity index (χ0v) is 12.5. The molecule has 0 atom stereocenters. The lowest BCUT2D eigenvalue weighted by molar-refractivity contribution is -0.140. The third-order valence-corrected chi connectivity index (χ3v) is 3.83. The summed E-state index contributed by atoms with van der Waals surface area (Å²) >= 11 is 0. The SMILES string of the molecule is CCc1cnn(C2CCN(C(=O)C(C)(C)C)CC2)c1. The second kappa shape index (κ2) is 5.35. The first-order chi connectivity index (χ1) is 8.91. The van der Waals surface area contributed by atoms with Gasteiger partial charge in [0, 0.05) is 24.7 Å². The van der Waals surface area contributed by atoms with Crippen LogP contribution < -0.4 is 0 Å². The summed E-state index contributed by atoms with van der Waals surface area (Å²) in [6, 6.07) is 0.448. The molecule has 0 radical (unpaired) electrons. The third kappa shape index (κ3) is 3.17. The van der Waals surface area contributed by atoms with Gasteiger partial charge in [0.2, 0.25) is 5.91 Å². The van der Waals surface area contributed by atoms with Crippen molar-refractivity contribution >= 4 is 5.91 Å². The number of amides is 1. The van der Waals surface area contributed by atoms with E-state index in [-0.39, 0.29) is 11.3 Å². The van der Waals surface area contributed by atoms with E-state index in [1.807, 2.05) is 31.9 Å². The number of nitrogens with zero attached hydrogens (tertiary/aromatic N) is 3. The Kier molecular flexibility index (Phi) is 3.97. The molecule has 4 heteroatoms. The minimum atomic E-state index is -0.270. The average molecular weight is 263 g/mol. The van der Waals surface area contributed by atoms with E-state index < -0.39 is 0 Å². The number of likely N-dealkylation sites (tertiary alicyclic amines) is 1. The summed E-state index contributed by atoms with van der Waals surface area (Å²) < 4.78 is 2.08. The van der Waals surface area contributed by atoms with Crippen LogP contribution in [0.4, 0.5) is 0 Å². The van der Waals surface area contributed by atoms with Crippen LogP contribution in [0.1, 0.15) is 52.1 Å². The van der Waals surface area contributed by atoms with Crippen LogP contribution in [0.25, 0.3) is 0 Å². The monoisotopic (exact) mass is 263 g/mol.